The quantitative estimate of drug-likeness (QED) is 0.854. The van der Waals surface area contributed by atoms with Crippen molar-refractivity contribution in [3.8, 4) is 0 Å². The number of aliphatic hydroxyl groups is 2. The molecule has 1 aromatic carbocycles. The summed E-state index contributed by atoms with van der Waals surface area (Å²) in [6.07, 6.45) is 0.569. The Labute approximate surface area is 126 Å². The largest absolute Gasteiger partial charge is 0.395 e. The van der Waals surface area contributed by atoms with Gasteiger partial charge in [-0.25, -0.2) is 0 Å². The Kier molecular flexibility index (Phi) is 4.80. The summed E-state index contributed by atoms with van der Waals surface area (Å²) in [4.78, 5) is 0. The van der Waals surface area contributed by atoms with Crippen LogP contribution in [0.15, 0.2) is 30.3 Å². The van der Waals surface area contributed by atoms with Gasteiger partial charge in [0.05, 0.1) is 18.9 Å². The third kappa shape index (κ3) is 3.01. The molecule has 0 aliphatic carbocycles. The standard InChI is InChI=1S/C17H24N2O2/c1-4-19-15(9-14(3)18-19)10-17(11-20,12-21)16-8-6-5-7-13(16)2/h5-9,20-21H,4,10-12H2,1-3H3. The monoisotopic (exact) mass is 288 g/mol. The van der Waals surface area contributed by atoms with Crippen LogP contribution in [-0.4, -0.2) is 33.2 Å². The summed E-state index contributed by atoms with van der Waals surface area (Å²) in [5, 5.41) is 24.4. The molecule has 2 rings (SSSR count). The van der Waals surface area contributed by atoms with Gasteiger partial charge in [0.15, 0.2) is 0 Å². The molecule has 114 valence electrons. The molecule has 2 aromatic rings. The lowest BCUT2D eigenvalue weighted by Crippen LogP contribution is -2.38. The number of rotatable bonds is 6. The van der Waals surface area contributed by atoms with E-state index in [1.165, 1.54) is 0 Å². The van der Waals surface area contributed by atoms with Crippen LogP contribution in [-0.2, 0) is 18.4 Å². The number of aryl methyl sites for hydroxylation is 3. The number of hydrogen-bond donors (Lipinski definition) is 2. The summed E-state index contributed by atoms with van der Waals surface area (Å²) in [5.74, 6) is 0. The van der Waals surface area contributed by atoms with Gasteiger partial charge in [-0.05, 0) is 38.0 Å². The van der Waals surface area contributed by atoms with Crippen LogP contribution in [0.2, 0.25) is 0 Å². The molecule has 1 aromatic heterocycles. The van der Waals surface area contributed by atoms with Crippen LogP contribution in [0.1, 0.15) is 29.4 Å². The van der Waals surface area contributed by atoms with Gasteiger partial charge in [-0.2, -0.15) is 5.10 Å². The minimum atomic E-state index is -0.676. The summed E-state index contributed by atoms with van der Waals surface area (Å²) in [5.41, 5.74) is 3.41. The first kappa shape index (κ1) is 15.7. The number of nitrogens with zero attached hydrogens (tertiary/aromatic N) is 2. The van der Waals surface area contributed by atoms with Crippen LogP contribution < -0.4 is 0 Å². The van der Waals surface area contributed by atoms with Crippen LogP contribution in [0.3, 0.4) is 0 Å². The van der Waals surface area contributed by atoms with Crippen molar-refractivity contribution in [1.29, 1.82) is 0 Å². The third-order valence-electron chi connectivity index (χ3n) is 4.13. The van der Waals surface area contributed by atoms with E-state index in [2.05, 4.69) is 5.10 Å². The Balaban J connectivity index is 2.45. The Hall–Kier alpha value is -1.65. The molecule has 0 aliphatic heterocycles. The fraction of sp³-hybridized carbons (Fsp3) is 0.471. The van der Waals surface area contributed by atoms with E-state index in [0.29, 0.717) is 6.42 Å². The number of benzene rings is 1. The molecule has 0 amide bonds. The normalized spacial score (nSPS) is 11.9. The highest BCUT2D eigenvalue weighted by molar-refractivity contribution is 5.35. The summed E-state index contributed by atoms with van der Waals surface area (Å²) in [7, 11) is 0. The van der Waals surface area contributed by atoms with E-state index in [9.17, 15) is 10.2 Å². The first-order chi connectivity index (χ1) is 10.1. The van der Waals surface area contributed by atoms with Crippen molar-refractivity contribution in [1.82, 2.24) is 9.78 Å². The molecule has 0 saturated heterocycles. The Morgan fingerprint density at radius 1 is 1.14 bits per heavy atom. The second kappa shape index (κ2) is 6.41. The molecule has 0 saturated carbocycles. The minimum Gasteiger partial charge on any atom is -0.395 e. The number of aromatic nitrogens is 2. The lowest BCUT2D eigenvalue weighted by molar-refractivity contribution is 0.114. The molecule has 4 nitrogen and oxygen atoms in total. The second-order valence-electron chi connectivity index (χ2n) is 5.68. The molecule has 0 unspecified atom stereocenters. The molecule has 0 bridgehead atoms. The Morgan fingerprint density at radius 3 is 2.38 bits per heavy atom. The molecule has 0 spiro atoms. The molecule has 21 heavy (non-hydrogen) atoms. The van der Waals surface area contributed by atoms with Crippen LogP contribution in [0.25, 0.3) is 0 Å². The molecular formula is C17H24N2O2. The maximum absolute atomic E-state index is 10.00. The average Bonchev–Trinajstić information content (AvgIpc) is 2.85. The lowest BCUT2D eigenvalue weighted by atomic mass is 9.76. The van der Waals surface area contributed by atoms with Crippen LogP contribution >= 0.6 is 0 Å². The molecule has 0 aliphatic rings. The first-order valence-electron chi connectivity index (χ1n) is 7.37. The summed E-state index contributed by atoms with van der Waals surface area (Å²) in [6.45, 7) is 6.61. The van der Waals surface area contributed by atoms with Gasteiger partial charge in [0, 0.05) is 24.1 Å². The van der Waals surface area contributed by atoms with Gasteiger partial charge in [-0.15, -0.1) is 0 Å². The van der Waals surface area contributed by atoms with Gasteiger partial charge in [0.2, 0.25) is 0 Å². The zero-order valence-electron chi connectivity index (χ0n) is 13.0. The number of hydrogen-bond acceptors (Lipinski definition) is 3. The van der Waals surface area contributed by atoms with Crippen molar-refractivity contribution in [3.05, 3.63) is 52.8 Å². The fourth-order valence-corrected chi connectivity index (χ4v) is 2.96. The Morgan fingerprint density at radius 2 is 1.81 bits per heavy atom. The zero-order chi connectivity index (χ0) is 15.5. The van der Waals surface area contributed by atoms with E-state index in [-0.39, 0.29) is 13.2 Å². The highest BCUT2D eigenvalue weighted by Crippen LogP contribution is 2.30. The summed E-state index contributed by atoms with van der Waals surface area (Å²) in [6, 6.07) is 9.95. The van der Waals surface area contributed by atoms with Crippen LogP contribution in [0, 0.1) is 13.8 Å². The Bertz CT molecular complexity index is 601. The van der Waals surface area contributed by atoms with E-state index in [1.54, 1.807) is 0 Å². The van der Waals surface area contributed by atoms with Gasteiger partial charge in [-0.3, -0.25) is 4.68 Å². The molecule has 0 fully saturated rings. The van der Waals surface area contributed by atoms with Crippen molar-refractivity contribution in [3.63, 3.8) is 0 Å². The maximum Gasteiger partial charge on any atom is 0.0596 e. The molecule has 0 atom stereocenters. The fourth-order valence-electron chi connectivity index (χ4n) is 2.96. The molecule has 4 heteroatoms. The van der Waals surface area contributed by atoms with Crippen molar-refractivity contribution in [2.24, 2.45) is 0 Å². The van der Waals surface area contributed by atoms with E-state index >= 15 is 0 Å². The molecule has 2 N–H and O–H groups in total. The van der Waals surface area contributed by atoms with Gasteiger partial charge >= 0.3 is 0 Å². The average molecular weight is 288 g/mol. The lowest BCUT2D eigenvalue weighted by Gasteiger charge is -2.32. The van der Waals surface area contributed by atoms with Crippen LogP contribution in [0.5, 0.6) is 0 Å². The highest BCUT2D eigenvalue weighted by atomic mass is 16.3. The van der Waals surface area contributed by atoms with Gasteiger partial charge < -0.3 is 10.2 Å². The highest BCUT2D eigenvalue weighted by Gasteiger charge is 2.33. The topological polar surface area (TPSA) is 58.3 Å². The second-order valence-corrected chi connectivity index (χ2v) is 5.68. The van der Waals surface area contributed by atoms with Crippen molar-refractivity contribution >= 4 is 0 Å². The van der Waals surface area contributed by atoms with E-state index in [0.717, 1.165) is 29.1 Å². The smallest absolute Gasteiger partial charge is 0.0596 e. The van der Waals surface area contributed by atoms with Gasteiger partial charge in [0.1, 0.15) is 0 Å². The first-order valence-corrected chi connectivity index (χ1v) is 7.37. The third-order valence-corrected chi connectivity index (χ3v) is 4.13. The van der Waals surface area contributed by atoms with Crippen molar-refractivity contribution in [2.45, 2.75) is 39.2 Å². The maximum atomic E-state index is 10.00. The van der Waals surface area contributed by atoms with Crippen molar-refractivity contribution < 1.29 is 10.2 Å². The van der Waals surface area contributed by atoms with Gasteiger partial charge in [-0.1, -0.05) is 24.3 Å². The predicted molar refractivity (Wildman–Crippen MR) is 83.4 cm³/mol. The number of aliphatic hydroxyl groups excluding tert-OH is 2. The van der Waals surface area contributed by atoms with Crippen molar-refractivity contribution in [2.75, 3.05) is 13.2 Å². The molecular weight excluding hydrogens is 264 g/mol. The van der Waals surface area contributed by atoms with Gasteiger partial charge in [0.25, 0.3) is 0 Å². The van der Waals surface area contributed by atoms with E-state index < -0.39 is 5.41 Å². The van der Waals surface area contributed by atoms with Crippen LogP contribution in [0.4, 0.5) is 0 Å². The predicted octanol–water partition coefficient (Wildman–Crippen LogP) is 1.98. The SMILES string of the molecule is CCn1nc(C)cc1CC(CO)(CO)c1ccccc1C. The molecule has 1 heterocycles. The minimum absolute atomic E-state index is 0.0949. The van der Waals surface area contributed by atoms with E-state index in [1.807, 2.05) is 55.8 Å². The summed E-state index contributed by atoms with van der Waals surface area (Å²) >= 11 is 0. The summed E-state index contributed by atoms with van der Waals surface area (Å²) < 4.78 is 1.94. The van der Waals surface area contributed by atoms with E-state index in [4.69, 9.17) is 0 Å². The molecule has 0 radical (unpaired) electrons. The zero-order valence-corrected chi connectivity index (χ0v) is 13.0.